The molecule has 1 atom stereocenters. The lowest BCUT2D eigenvalue weighted by atomic mass is 10.2. The van der Waals surface area contributed by atoms with Crippen LogP contribution in [0.2, 0.25) is 0 Å². The Labute approximate surface area is 109 Å². The van der Waals surface area contributed by atoms with Crippen LogP contribution >= 0.6 is 0 Å². The van der Waals surface area contributed by atoms with E-state index < -0.39 is 0 Å². The minimum atomic E-state index is 0.0888. The van der Waals surface area contributed by atoms with E-state index in [1.165, 1.54) is 0 Å². The molecular formula is C14H22N2O2. The van der Waals surface area contributed by atoms with Gasteiger partial charge in [0.2, 0.25) is 5.91 Å². The fourth-order valence-electron chi connectivity index (χ4n) is 1.90. The predicted octanol–water partition coefficient (Wildman–Crippen LogP) is 1.98. The molecule has 0 aliphatic carbocycles. The van der Waals surface area contributed by atoms with Crippen LogP contribution in [0.1, 0.15) is 13.8 Å². The molecule has 18 heavy (non-hydrogen) atoms. The lowest BCUT2D eigenvalue weighted by molar-refractivity contribution is -0.132. The van der Waals surface area contributed by atoms with Crippen LogP contribution in [0.25, 0.3) is 0 Å². The molecule has 1 rings (SSSR count). The minimum absolute atomic E-state index is 0.0888. The van der Waals surface area contributed by atoms with Gasteiger partial charge in [0.05, 0.1) is 19.2 Å². The van der Waals surface area contributed by atoms with Gasteiger partial charge in [0.1, 0.15) is 0 Å². The summed E-state index contributed by atoms with van der Waals surface area (Å²) < 4.78 is 5.09. The molecule has 4 nitrogen and oxygen atoms in total. The van der Waals surface area contributed by atoms with Crippen molar-refractivity contribution in [3.8, 4) is 0 Å². The van der Waals surface area contributed by atoms with Crippen LogP contribution < -0.4 is 5.32 Å². The summed E-state index contributed by atoms with van der Waals surface area (Å²) in [4.78, 5) is 13.9. The van der Waals surface area contributed by atoms with E-state index in [1.807, 2.05) is 49.1 Å². The number of carbonyl (C=O) groups excluding carboxylic acids is 1. The molecule has 0 aliphatic rings. The van der Waals surface area contributed by atoms with Gasteiger partial charge in [-0.05, 0) is 26.0 Å². The van der Waals surface area contributed by atoms with Gasteiger partial charge in [0, 0.05) is 19.3 Å². The summed E-state index contributed by atoms with van der Waals surface area (Å²) in [5, 5.41) is 3.12. The summed E-state index contributed by atoms with van der Waals surface area (Å²) in [7, 11) is 1.65. The lowest BCUT2D eigenvalue weighted by Crippen LogP contribution is -2.43. The third kappa shape index (κ3) is 4.37. The van der Waals surface area contributed by atoms with Gasteiger partial charge in [-0.15, -0.1) is 0 Å². The van der Waals surface area contributed by atoms with Crippen molar-refractivity contribution in [2.45, 2.75) is 19.9 Å². The number of para-hydroxylation sites is 1. The van der Waals surface area contributed by atoms with E-state index in [9.17, 15) is 4.79 Å². The van der Waals surface area contributed by atoms with E-state index in [2.05, 4.69) is 5.32 Å². The van der Waals surface area contributed by atoms with Gasteiger partial charge in [-0.2, -0.15) is 0 Å². The van der Waals surface area contributed by atoms with E-state index in [0.29, 0.717) is 19.7 Å². The quantitative estimate of drug-likeness (QED) is 0.804. The summed E-state index contributed by atoms with van der Waals surface area (Å²) in [6.07, 6.45) is 0. The van der Waals surface area contributed by atoms with Gasteiger partial charge in [-0.3, -0.25) is 4.79 Å². The number of rotatable bonds is 7. The highest BCUT2D eigenvalue weighted by atomic mass is 16.5. The van der Waals surface area contributed by atoms with E-state index >= 15 is 0 Å². The van der Waals surface area contributed by atoms with Crippen LogP contribution in [-0.4, -0.2) is 43.7 Å². The molecule has 0 aromatic heterocycles. The Morgan fingerprint density at radius 2 is 2.06 bits per heavy atom. The van der Waals surface area contributed by atoms with Crippen molar-refractivity contribution in [3.63, 3.8) is 0 Å². The topological polar surface area (TPSA) is 41.6 Å². The van der Waals surface area contributed by atoms with Crippen molar-refractivity contribution in [1.29, 1.82) is 0 Å². The zero-order valence-corrected chi connectivity index (χ0v) is 11.3. The van der Waals surface area contributed by atoms with E-state index in [1.54, 1.807) is 7.11 Å². The maximum absolute atomic E-state index is 12.1. The average molecular weight is 250 g/mol. The van der Waals surface area contributed by atoms with Gasteiger partial charge < -0.3 is 15.0 Å². The Balaban J connectivity index is 2.47. The number of amides is 1. The van der Waals surface area contributed by atoms with Crippen LogP contribution in [0.3, 0.4) is 0 Å². The highest BCUT2D eigenvalue weighted by molar-refractivity contribution is 5.81. The summed E-state index contributed by atoms with van der Waals surface area (Å²) >= 11 is 0. The van der Waals surface area contributed by atoms with Crippen molar-refractivity contribution >= 4 is 11.6 Å². The molecule has 0 aliphatic heterocycles. The van der Waals surface area contributed by atoms with Crippen molar-refractivity contribution in [3.05, 3.63) is 30.3 Å². The number of carbonyl (C=O) groups is 1. The molecule has 0 heterocycles. The second kappa shape index (κ2) is 7.71. The number of benzene rings is 1. The molecule has 0 fully saturated rings. The number of methoxy groups -OCH3 is 1. The Kier molecular flexibility index (Phi) is 6.22. The Bertz CT molecular complexity index is 354. The molecule has 1 unspecified atom stereocenters. The molecule has 0 saturated carbocycles. The van der Waals surface area contributed by atoms with E-state index in [0.717, 1.165) is 5.69 Å². The van der Waals surface area contributed by atoms with Gasteiger partial charge in [0.15, 0.2) is 0 Å². The number of nitrogens with one attached hydrogen (secondary N) is 1. The van der Waals surface area contributed by atoms with Gasteiger partial charge >= 0.3 is 0 Å². The molecule has 0 spiro atoms. The fourth-order valence-corrected chi connectivity index (χ4v) is 1.90. The first kappa shape index (κ1) is 14.5. The zero-order valence-electron chi connectivity index (χ0n) is 11.3. The largest absolute Gasteiger partial charge is 0.383 e. The van der Waals surface area contributed by atoms with Crippen LogP contribution in [0.15, 0.2) is 30.3 Å². The third-order valence-electron chi connectivity index (χ3n) is 2.82. The molecular weight excluding hydrogens is 228 g/mol. The van der Waals surface area contributed by atoms with Crippen LogP contribution in [-0.2, 0) is 9.53 Å². The lowest BCUT2D eigenvalue weighted by Gasteiger charge is -2.27. The zero-order chi connectivity index (χ0) is 13.4. The summed E-state index contributed by atoms with van der Waals surface area (Å²) in [6, 6.07) is 9.83. The molecule has 1 aromatic rings. The van der Waals surface area contributed by atoms with Crippen molar-refractivity contribution in [2.24, 2.45) is 0 Å². The highest BCUT2D eigenvalue weighted by Gasteiger charge is 2.17. The smallest absolute Gasteiger partial charge is 0.242 e. The molecule has 4 heteroatoms. The minimum Gasteiger partial charge on any atom is -0.383 e. The first-order valence-corrected chi connectivity index (χ1v) is 6.26. The Morgan fingerprint density at radius 1 is 1.39 bits per heavy atom. The average Bonchev–Trinajstić information content (AvgIpc) is 2.39. The van der Waals surface area contributed by atoms with Gasteiger partial charge in [0.25, 0.3) is 0 Å². The van der Waals surface area contributed by atoms with Crippen LogP contribution in [0.4, 0.5) is 5.69 Å². The van der Waals surface area contributed by atoms with Crippen molar-refractivity contribution in [2.75, 3.05) is 32.1 Å². The number of hydrogen-bond acceptors (Lipinski definition) is 3. The maximum atomic E-state index is 12.1. The molecule has 1 N–H and O–H groups in total. The number of ether oxygens (including phenoxy) is 1. The van der Waals surface area contributed by atoms with Crippen LogP contribution in [0.5, 0.6) is 0 Å². The molecule has 0 saturated heterocycles. The molecule has 100 valence electrons. The maximum Gasteiger partial charge on any atom is 0.242 e. The first-order chi connectivity index (χ1) is 8.69. The summed E-state index contributed by atoms with van der Waals surface area (Å²) in [5.41, 5.74) is 0.960. The number of likely N-dealkylation sites (N-methyl/N-ethyl adjacent to an activating group) is 1. The molecule has 1 amide bonds. The van der Waals surface area contributed by atoms with E-state index in [4.69, 9.17) is 4.74 Å². The van der Waals surface area contributed by atoms with Crippen molar-refractivity contribution < 1.29 is 9.53 Å². The SMILES string of the molecule is CCN(C(=O)CNc1ccccc1)C(C)COC. The summed E-state index contributed by atoms with van der Waals surface area (Å²) in [6.45, 7) is 5.54. The van der Waals surface area contributed by atoms with Gasteiger partial charge in [-0.25, -0.2) is 0 Å². The molecule has 0 bridgehead atoms. The second-order valence-electron chi connectivity index (χ2n) is 4.20. The number of anilines is 1. The fraction of sp³-hybridized carbons (Fsp3) is 0.500. The number of nitrogens with zero attached hydrogens (tertiary/aromatic N) is 1. The predicted molar refractivity (Wildman–Crippen MR) is 73.7 cm³/mol. The van der Waals surface area contributed by atoms with Crippen LogP contribution in [0, 0.1) is 0 Å². The standard InChI is InChI=1S/C14H22N2O2/c1-4-16(12(2)11-18-3)14(17)10-15-13-8-6-5-7-9-13/h5-9,12,15H,4,10-11H2,1-3H3. The molecule has 0 radical (unpaired) electrons. The Hall–Kier alpha value is -1.55. The first-order valence-electron chi connectivity index (χ1n) is 6.26. The summed E-state index contributed by atoms with van der Waals surface area (Å²) in [5.74, 6) is 0.0888. The van der Waals surface area contributed by atoms with Crippen molar-refractivity contribution in [1.82, 2.24) is 4.90 Å². The number of hydrogen-bond donors (Lipinski definition) is 1. The molecule has 1 aromatic carbocycles. The third-order valence-corrected chi connectivity index (χ3v) is 2.82. The highest BCUT2D eigenvalue weighted by Crippen LogP contribution is 2.06. The van der Waals surface area contributed by atoms with E-state index in [-0.39, 0.29) is 11.9 Å². The normalized spacial score (nSPS) is 11.9. The van der Waals surface area contributed by atoms with Gasteiger partial charge in [-0.1, -0.05) is 18.2 Å². The second-order valence-corrected chi connectivity index (χ2v) is 4.20. The Morgan fingerprint density at radius 3 is 2.61 bits per heavy atom. The monoisotopic (exact) mass is 250 g/mol.